The van der Waals surface area contributed by atoms with Gasteiger partial charge in [-0.1, -0.05) is 0 Å². The summed E-state index contributed by atoms with van der Waals surface area (Å²) >= 11 is 0. The average Bonchev–Trinajstić information content (AvgIpc) is 1.59. The topological polar surface area (TPSA) is 91.7 Å². The molecule has 0 radical (unpaired) electrons. The highest BCUT2D eigenvalue weighted by molar-refractivity contribution is 7.92. The Morgan fingerprint density at radius 2 is 1.90 bits per heavy atom. The first-order chi connectivity index (χ1) is 4.48. The van der Waals surface area contributed by atoms with Crippen molar-refractivity contribution in [2.45, 2.75) is 0 Å². The normalized spacial score (nSPS) is 11.3. The number of carbonyl (C=O) groups is 1. The van der Waals surface area contributed by atoms with E-state index in [-0.39, 0.29) is 0 Å². The highest BCUT2D eigenvalue weighted by atomic mass is 32.2. The molecule has 0 heterocycles. The van der Waals surface area contributed by atoms with E-state index in [1.807, 2.05) is 0 Å². The summed E-state index contributed by atoms with van der Waals surface area (Å²) in [5.74, 6) is -2.79. The average molecular weight is 168 g/mol. The summed E-state index contributed by atoms with van der Waals surface area (Å²) in [7, 11) is -3.58. The van der Waals surface area contributed by atoms with Crippen LogP contribution in [-0.2, 0) is 14.6 Å². The molecule has 0 amide bonds. The maximum absolute atomic E-state index is 10.5. The smallest absolute Gasteiger partial charge is 0.318 e. The lowest BCUT2D eigenvalue weighted by Crippen LogP contribution is -2.19. The van der Waals surface area contributed by atoms with Gasteiger partial charge in [0.25, 0.3) is 0 Å². The first-order valence-corrected chi connectivity index (χ1v) is 4.33. The molecule has 0 bridgehead atoms. The second-order valence-corrected chi connectivity index (χ2v) is 3.89. The van der Waals surface area contributed by atoms with Crippen LogP contribution in [0.1, 0.15) is 0 Å². The molecule has 0 aliphatic heterocycles. The summed E-state index contributed by atoms with van der Waals surface area (Å²) < 4.78 is 21.0. The summed E-state index contributed by atoms with van der Waals surface area (Å²) in [4.78, 5) is 9.83. The molecular weight excluding hydrogens is 160 g/mol. The summed E-state index contributed by atoms with van der Waals surface area (Å²) in [5.41, 5.74) is 0. The van der Waals surface area contributed by atoms with Crippen LogP contribution in [-0.4, -0.2) is 42.7 Å². The molecule has 0 aromatic heterocycles. The van der Waals surface area contributed by atoms with Crippen molar-refractivity contribution in [1.82, 2.24) is 0 Å². The van der Waals surface area contributed by atoms with E-state index in [9.17, 15) is 13.2 Å². The molecule has 0 aromatic rings. The molecule has 0 unspecified atom stereocenters. The van der Waals surface area contributed by atoms with Gasteiger partial charge in [-0.15, -0.1) is 0 Å². The Hall–Kier alpha value is -0.620. The molecule has 0 aliphatic carbocycles. The van der Waals surface area contributed by atoms with E-state index in [1.165, 1.54) is 0 Å². The molecule has 0 rings (SSSR count). The fourth-order valence-electron chi connectivity index (χ4n) is 0.399. The largest absolute Gasteiger partial charge is 0.480 e. The van der Waals surface area contributed by atoms with Crippen LogP contribution >= 0.6 is 0 Å². The van der Waals surface area contributed by atoms with Gasteiger partial charge in [0.15, 0.2) is 9.84 Å². The lowest BCUT2D eigenvalue weighted by Gasteiger charge is -1.95. The van der Waals surface area contributed by atoms with Gasteiger partial charge in [0.1, 0.15) is 5.75 Å². The zero-order valence-corrected chi connectivity index (χ0v) is 5.97. The van der Waals surface area contributed by atoms with Crippen molar-refractivity contribution in [3.63, 3.8) is 0 Å². The van der Waals surface area contributed by atoms with Crippen molar-refractivity contribution >= 4 is 15.8 Å². The molecule has 0 atom stereocenters. The lowest BCUT2D eigenvalue weighted by atomic mass is 10.8. The van der Waals surface area contributed by atoms with Gasteiger partial charge in [0.2, 0.25) is 0 Å². The van der Waals surface area contributed by atoms with E-state index in [0.29, 0.717) is 0 Å². The number of aliphatic carboxylic acids is 1. The molecule has 2 N–H and O–H groups in total. The molecule has 0 aromatic carbocycles. The number of carboxylic acid groups (broad SMARTS) is 1. The van der Waals surface area contributed by atoms with Gasteiger partial charge in [0.05, 0.1) is 12.4 Å². The minimum atomic E-state index is -3.58. The number of aliphatic hydroxyl groups excluding tert-OH is 1. The van der Waals surface area contributed by atoms with Gasteiger partial charge in [-0.3, -0.25) is 4.79 Å². The highest BCUT2D eigenvalue weighted by Crippen LogP contribution is 1.87. The molecule has 0 fully saturated rings. The molecule has 10 heavy (non-hydrogen) atoms. The van der Waals surface area contributed by atoms with Gasteiger partial charge in [0, 0.05) is 0 Å². The number of sulfone groups is 1. The van der Waals surface area contributed by atoms with Gasteiger partial charge in [-0.25, -0.2) is 8.42 Å². The fourth-order valence-corrected chi connectivity index (χ4v) is 1.20. The predicted molar refractivity (Wildman–Crippen MR) is 33.4 cm³/mol. The van der Waals surface area contributed by atoms with Crippen LogP contribution in [0, 0.1) is 0 Å². The van der Waals surface area contributed by atoms with Crippen LogP contribution in [0.15, 0.2) is 0 Å². The van der Waals surface area contributed by atoms with E-state index in [4.69, 9.17) is 10.2 Å². The van der Waals surface area contributed by atoms with Crippen molar-refractivity contribution in [2.24, 2.45) is 0 Å². The summed E-state index contributed by atoms with van der Waals surface area (Å²) in [5, 5.41) is 16.2. The molecule has 0 aliphatic rings. The van der Waals surface area contributed by atoms with Crippen LogP contribution < -0.4 is 0 Å². The lowest BCUT2D eigenvalue weighted by molar-refractivity contribution is -0.134. The molecule has 0 saturated heterocycles. The Labute approximate surface area is 58.2 Å². The Bertz CT molecular complexity index is 204. The monoisotopic (exact) mass is 168 g/mol. The number of carboxylic acids is 1. The van der Waals surface area contributed by atoms with Crippen molar-refractivity contribution in [2.75, 3.05) is 18.1 Å². The Balaban J connectivity index is 4.02. The van der Waals surface area contributed by atoms with Crippen LogP contribution in [0.4, 0.5) is 0 Å². The number of hydrogen-bond donors (Lipinski definition) is 2. The maximum atomic E-state index is 10.5. The summed E-state index contributed by atoms with van der Waals surface area (Å²) in [6.45, 7) is -0.532. The highest BCUT2D eigenvalue weighted by Gasteiger charge is 2.14. The maximum Gasteiger partial charge on any atom is 0.318 e. The first-order valence-electron chi connectivity index (χ1n) is 2.51. The Morgan fingerprint density at radius 1 is 1.40 bits per heavy atom. The van der Waals surface area contributed by atoms with Crippen LogP contribution in [0.25, 0.3) is 0 Å². The van der Waals surface area contributed by atoms with Gasteiger partial charge >= 0.3 is 5.97 Å². The summed E-state index contributed by atoms with van der Waals surface area (Å²) in [6.07, 6.45) is 0. The molecule has 0 saturated carbocycles. The molecule has 6 heteroatoms. The van der Waals surface area contributed by atoms with E-state index in [1.54, 1.807) is 0 Å². The minimum absolute atomic E-state index is 0.487. The molecular formula is C4H8O5S. The van der Waals surface area contributed by atoms with Crippen molar-refractivity contribution in [1.29, 1.82) is 0 Å². The molecule has 5 nitrogen and oxygen atoms in total. The van der Waals surface area contributed by atoms with E-state index in [2.05, 4.69) is 0 Å². The number of aliphatic hydroxyl groups is 1. The van der Waals surface area contributed by atoms with Crippen molar-refractivity contribution in [3.05, 3.63) is 0 Å². The third-order valence-corrected chi connectivity index (χ3v) is 2.24. The Morgan fingerprint density at radius 3 is 2.20 bits per heavy atom. The van der Waals surface area contributed by atoms with E-state index < -0.39 is 33.9 Å². The van der Waals surface area contributed by atoms with Crippen molar-refractivity contribution in [3.8, 4) is 0 Å². The van der Waals surface area contributed by atoms with Gasteiger partial charge < -0.3 is 10.2 Å². The minimum Gasteiger partial charge on any atom is -0.480 e. The predicted octanol–water partition coefficient (Wildman–Crippen LogP) is -1.52. The van der Waals surface area contributed by atoms with Crippen LogP contribution in [0.5, 0.6) is 0 Å². The van der Waals surface area contributed by atoms with Gasteiger partial charge in [-0.05, 0) is 0 Å². The standard InChI is InChI=1S/C4H8O5S/c5-1-2-10(8,9)3-4(6)7/h5H,1-3H2,(H,6,7). The van der Waals surface area contributed by atoms with E-state index in [0.717, 1.165) is 0 Å². The third kappa shape index (κ3) is 4.28. The van der Waals surface area contributed by atoms with E-state index >= 15 is 0 Å². The molecule has 60 valence electrons. The quantitative estimate of drug-likeness (QED) is 0.531. The SMILES string of the molecule is O=C(O)CS(=O)(=O)CCO. The number of hydrogen-bond acceptors (Lipinski definition) is 4. The second kappa shape index (κ2) is 3.52. The third-order valence-electron chi connectivity index (χ3n) is 0.746. The zero-order chi connectivity index (χ0) is 8.20. The Kier molecular flexibility index (Phi) is 3.31. The molecule has 0 spiro atoms. The second-order valence-electron chi connectivity index (χ2n) is 1.71. The zero-order valence-electron chi connectivity index (χ0n) is 5.15. The van der Waals surface area contributed by atoms with Crippen molar-refractivity contribution < 1.29 is 23.4 Å². The van der Waals surface area contributed by atoms with Crippen LogP contribution in [0.2, 0.25) is 0 Å². The van der Waals surface area contributed by atoms with Gasteiger partial charge in [-0.2, -0.15) is 0 Å². The first kappa shape index (κ1) is 9.38. The fraction of sp³-hybridized carbons (Fsp3) is 0.750. The number of rotatable bonds is 4. The summed E-state index contributed by atoms with van der Waals surface area (Å²) in [6, 6.07) is 0. The van der Waals surface area contributed by atoms with Crippen LogP contribution in [0.3, 0.4) is 0 Å².